The number of benzene rings is 1. The maximum atomic E-state index is 13.0. The molecule has 0 fully saturated rings. The second-order valence-corrected chi connectivity index (χ2v) is 2.62. The summed E-state index contributed by atoms with van der Waals surface area (Å²) >= 11 is 0. The van der Waals surface area contributed by atoms with Gasteiger partial charge in [-0.2, -0.15) is 0 Å². The quantitative estimate of drug-likeness (QED) is 0.617. The third-order valence-corrected chi connectivity index (χ3v) is 1.59. The smallest absolute Gasteiger partial charge is 0.331 e. The van der Waals surface area contributed by atoms with Crippen LogP contribution in [0.2, 0.25) is 0 Å². The van der Waals surface area contributed by atoms with E-state index in [-0.39, 0.29) is 5.69 Å². The molecule has 0 aliphatic heterocycles. The molecular formula is C10H9F2NO2. The summed E-state index contributed by atoms with van der Waals surface area (Å²) in [5.74, 6) is -1.75. The molecular weight excluding hydrogens is 204 g/mol. The molecule has 0 aromatic heterocycles. The van der Waals surface area contributed by atoms with Crippen LogP contribution in [-0.2, 0) is 9.53 Å². The first kappa shape index (κ1) is 11.2. The third-order valence-electron chi connectivity index (χ3n) is 1.59. The second kappa shape index (κ2) is 5.09. The largest absolute Gasteiger partial charge is 0.466 e. The monoisotopic (exact) mass is 213 g/mol. The number of esters is 1. The lowest BCUT2D eigenvalue weighted by Gasteiger charge is -2.01. The fourth-order valence-electron chi connectivity index (χ4n) is 0.876. The van der Waals surface area contributed by atoms with Gasteiger partial charge in [-0.15, -0.1) is 0 Å². The highest BCUT2D eigenvalue weighted by Crippen LogP contribution is 2.14. The zero-order valence-corrected chi connectivity index (χ0v) is 7.96. The lowest BCUT2D eigenvalue weighted by molar-refractivity contribution is -0.134. The highest BCUT2D eigenvalue weighted by Gasteiger charge is 2.01. The van der Waals surface area contributed by atoms with Crippen molar-refractivity contribution >= 4 is 11.7 Å². The van der Waals surface area contributed by atoms with Gasteiger partial charge in [-0.25, -0.2) is 13.6 Å². The Balaban J connectivity index is 2.68. The molecule has 80 valence electrons. The van der Waals surface area contributed by atoms with Crippen LogP contribution in [0.15, 0.2) is 30.5 Å². The molecule has 0 amide bonds. The van der Waals surface area contributed by atoms with Gasteiger partial charge < -0.3 is 10.1 Å². The van der Waals surface area contributed by atoms with Gasteiger partial charge in [-0.05, 0) is 12.1 Å². The Kier molecular flexibility index (Phi) is 3.79. The van der Waals surface area contributed by atoms with E-state index in [1.807, 2.05) is 0 Å². The standard InChI is InChI=1S/C10H9F2NO2/c1-15-10(14)4-5-13-9-6-7(11)2-3-8(9)12/h2-6,13H,1H3/b5-4+. The number of carbonyl (C=O) groups is 1. The van der Waals surface area contributed by atoms with Gasteiger partial charge in [0.2, 0.25) is 0 Å². The number of halogens is 2. The Labute approximate surface area is 85.4 Å². The van der Waals surface area contributed by atoms with E-state index in [1.54, 1.807) is 0 Å². The number of carbonyl (C=O) groups excluding carboxylic acids is 1. The van der Waals surface area contributed by atoms with Crippen molar-refractivity contribution in [2.45, 2.75) is 0 Å². The average Bonchev–Trinajstić information content (AvgIpc) is 2.23. The van der Waals surface area contributed by atoms with Crippen LogP contribution in [0.4, 0.5) is 14.5 Å². The van der Waals surface area contributed by atoms with Crippen molar-refractivity contribution in [3.05, 3.63) is 42.1 Å². The van der Waals surface area contributed by atoms with Crippen LogP contribution < -0.4 is 5.32 Å². The molecule has 1 aromatic carbocycles. The molecule has 3 nitrogen and oxygen atoms in total. The fourth-order valence-corrected chi connectivity index (χ4v) is 0.876. The Morgan fingerprint density at radius 3 is 2.87 bits per heavy atom. The van der Waals surface area contributed by atoms with E-state index < -0.39 is 17.6 Å². The lowest BCUT2D eigenvalue weighted by atomic mass is 10.3. The molecule has 15 heavy (non-hydrogen) atoms. The normalized spacial score (nSPS) is 10.3. The van der Waals surface area contributed by atoms with Crippen molar-refractivity contribution in [2.75, 3.05) is 12.4 Å². The number of hydrogen-bond donors (Lipinski definition) is 1. The number of rotatable bonds is 3. The van der Waals surface area contributed by atoms with Crippen molar-refractivity contribution in [3.8, 4) is 0 Å². The van der Waals surface area contributed by atoms with Gasteiger partial charge in [-0.1, -0.05) is 0 Å². The summed E-state index contributed by atoms with van der Waals surface area (Å²) in [6, 6.07) is 2.98. The summed E-state index contributed by atoms with van der Waals surface area (Å²) in [5.41, 5.74) is -0.0462. The van der Waals surface area contributed by atoms with Crippen LogP contribution in [-0.4, -0.2) is 13.1 Å². The summed E-state index contributed by atoms with van der Waals surface area (Å²) in [6.45, 7) is 0. The third kappa shape index (κ3) is 3.38. The van der Waals surface area contributed by atoms with E-state index in [4.69, 9.17) is 0 Å². The number of ether oxygens (including phenoxy) is 1. The van der Waals surface area contributed by atoms with Gasteiger partial charge >= 0.3 is 5.97 Å². The summed E-state index contributed by atoms with van der Waals surface area (Å²) in [4.78, 5) is 10.6. The maximum absolute atomic E-state index is 13.0. The minimum atomic E-state index is -0.606. The molecule has 1 N–H and O–H groups in total. The molecule has 0 radical (unpaired) electrons. The lowest BCUT2D eigenvalue weighted by Crippen LogP contribution is -1.97. The van der Waals surface area contributed by atoms with Crippen LogP contribution >= 0.6 is 0 Å². The zero-order valence-electron chi connectivity index (χ0n) is 7.96. The van der Waals surface area contributed by atoms with Crippen LogP contribution in [0, 0.1) is 11.6 Å². The van der Waals surface area contributed by atoms with Crippen LogP contribution in [0.25, 0.3) is 0 Å². The summed E-state index contributed by atoms with van der Waals surface area (Å²) in [7, 11) is 1.22. The molecule has 0 saturated carbocycles. The van der Waals surface area contributed by atoms with E-state index in [9.17, 15) is 13.6 Å². The van der Waals surface area contributed by atoms with Crippen molar-refractivity contribution < 1.29 is 18.3 Å². The predicted octanol–water partition coefficient (Wildman–Crippen LogP) is 2.06. The number of anilines is 1. The number of methoxy groups -OCH3 is 1. The van der Waals surface area contributed by atoms with Crippen molar-refractivity contribution in [1.82, 2.24) is 0 Å². The van der Waals surface area contributed by atoms with Crippen LogP contribution in [0.3, 0.4) is 0 Å². The molecule has 0 heterocycles. The topological polar surface area (TPSA) is 38.3 Å². The van der Waals surface area contributed by atoms with Gasteiger partial charge in [0.1, 0.15) is 11.6 Å². The molecule has 0 unspecified atom stereocenters. The summed E-state index contributed by atoms with van der Waals surface area (Å²) in [6.07, 6.45) is 2.23. The number of nitrogens with one attached hydrogen (secondary N) is 1. The molecule has 0 saturated heterocycles. The molecule has 1 rings (SSSR count). The van der Waals surface area contributed by atoms with Crippen molar-refractivity contribution in [2.24, 2.45) is 0 Å². The van der Waals surface area contributed by atoms with Gasteiger partial charge in [-0.3, -0.25) is 0 Å². The fraction of sp³-hybridized carbons (Fsp3) is 0.100. The Morgan fingerprint density at radius 1 is 1.47 bits per heavy atom. The molecule has 5 heteroatoms. The molecule has 0 atom stereocenters. The van der Waals surface area contributed by atoms with Crippen LogP contribution in [0.5, 0.6) is 0 Å². The Morgan fingerprint density at radius 2 is 2.20 bits per heavy atom. The minimum absolute atomic E-state index is 0.0462. The molecule has 0 bridgehead atoms. The van der Waals surface area contributed by atoms with Gasteiger partial charge in [0.05, 0.1) is 12.8 Å². The average molecular weight is 213 g/mol. The summed E-state index contributed by atoms with van der Waals surface area (Å²) < 4.78 is 30.0. The number of hydrogen-bond acceptors (Lipinski definition) is 3. The first-order valence-electron chi connectivity index (χ1n) is 4.09. The van der Waals surface area contributed by atoms with Gasteiger partial charge in [0, 0.05) is 18.3 Å². The molecule has 1 aromatic rings. The van der Waals surface area contributed by atoms with Crippen molar-refractivity contribution in [3.63, 3.8) is 0 Å². The van der Waals surface area contributed by atoms with E-state index in [0.717, 1.165) is 24.3 Å². The summed E-state index contributed by atoms with van der Waals surface area (Å²) in [5, 5.41) is 2.42. The Bertz CT molecular complexity index is 391. The highest BCUT2D eigenvalue weighted by molar-refractivity contribution is 5.82. The second-order valence-electron chi connectivity index (χ2n) is 2.62. The van der Waals surface area contributed by atoms with Gasteiger partial charge in [0.15, 0.2) is 0 Å². The minimum Gasteiger partial charge on any atom is -0.466 e. The van der Waals surface area contributed by atoms with Crippen LogP contribution in [0.1, 0.15) is 0 Å². The van der Waals surface area contributed by atoms with E-state index in [1.165, 1.54) is 13.3 Å². The molecule has 0 aliphatic rings. The van der Waals surface area contributed by atoms with Gasteiger partial charge in [0.25, 0.3) is 0 Å². The van der Waals surface area contributed by atoms with Crippen molar-refractivity contribution in [1.29, 1.82) is 0 Å². The van der Waals surface area contributed by atoms with E-state index in [2.05, 4.69) is 10.1 Å². The Hall–Kier alpha value is -1.91. The SMILES string of the molecule is COC(=O)/C=C/Nc1cc(F)ccc1F. The van der Waals surface area contributed by atoms with E-state index >= 15 is 0 Å². The first-order valence-corrected chi connectivity index (χ1v) is 4.09. The zero-order chi connectivity index (χ0) is 11.3. The highest BCUT2D eigenvalue weighted by atomic mass is 19.1. The van der Waals surface area contributed by atoms with E-state index in [0.29, 0.717) is 0 Å². The molecule has 0 aliphatic carbocycles. The maximum Gasteiger partial charge on any atom is 0.331 e. The predicted molar refractivity (Wildman–Crippen MR) is 51.1 cm³/mol. The first-order chi connectivity index (χ1) is 7.13. The molecule has 0 spiro atoms.